The minimum absolute atomic E-state index is 0. The Kier molecular flexibility index (Phi) is 6.77. The molecular formula is C12H19ClN2O. The van der Waals surface area contributed by atoms with E-state index in [1.165, 1.54) is 12.5 Å². The summed E-state index contributed by atoms with van der Waals surface area (Å²) in [5, 5.41) is 5.96. The van der Waals surface area contributed by atoms with Gasteiger partial charge in [-0.3, -0.25) is 4.79 Å². The lowest BCUT2D eigenvalue weighted by Gasteiger charge is -2.11. The number of carbonyl (C=O) groups excluding carboxylic acids is 1. The van der Waals surface area contributed by atoms with Gasteiger partial charge in [0.15, 0.2) is 0 Å². The van der Waals surface area contributed by atoms with Crippen molar-refractivity contribution in [3.8, 4) is 0 Å². The smallest absolute Gasteiger partial charge is 0.221 e. The first-order chi connectivity index (χ1) is 7.11. The fourth-order valence-electron chi connectivity index (χ4n) is 1.43. The number of nitrogens with one attached hydrogen (secondary N) is 2. The summed E-state index contributed by atoms with van der Waals surface area (Å²) in [6, 6.07) is 8.38. The average molecular weight is 243 g/mol. The molecule has 0 saturated carbocycles. The number of benzene rings is 1. The van der Waals surface area contributed by atoms with Crippen molar-refractivity contribution in [1.82, 2.24) is 5.32 Å². The van der Waals surface area contributed by atoms with Crippen molar-refractivity contribution in [2.75, 3.05) is 12.4 Å². The average Bonchev–Trinajstić information content (AvgIpc) is 2.17. The van der Waals surface area contributed by atoms with Crippen molar-refractivity contribution in [2.45, 2.75) is 26.3 Å². The molecule has 0 heterocycles. The van der Waals surface area contributed by atoms with Gasteiger partial charge in [-0.15, -0.1) is 12.4 Å². The van der Waals surface area contributed by atoms with Crippen LogP contribution in [0.4, 0.5) is 5.69 Å². The lowest BCUT2D eigenvalue weighted by Crippen LogP contribution is -2.23. The molecule has 16 heavy (non-hydrogen) atoms. The molecule has 0 aromatic heterocycles. The summed E-state index contributed by atoms with van der Waals surface area (Å²) >= 11 is 0. The van der Waals surface area contributed by atoms with E-state index in [0.29, 0.717) is 6.04 Å². The topological polar surface area (TPSA) is 41.1 Å². The van der Waals surface area contributed by atoms with E-state index in [2.05, 4.69) is 23.6 Å². The second-order valence-electron chi connectivity index (χ2n) is 3.78. The van der Waals surface area contributed by atoms with Crippen LogP contribution in [-0.4, -0.2) is 19.0 Å². The zero-order valence-electron chi connectivity index (χ0n) is 9.91. The van der Waals surface area contributed by atoms with Gasteiger partial charge in [-0.05, 0) is 38.1 Å². The fraction of sp³-hybridized carbons (Fsp3) is 0.417. The molecule has 2 N–H and O–H groups in total. The fourth-order valence-corrected chi connectivity index (χ4v) is 1.43. The summed E-state index contributed by atoms with van der Waals surface area (Å²) in [5.41, 5.74) is 2.09. The first kappa shape index (κ1) is 14.9. The van der Waals surface area contributed by atoms with Crippen molar-refractivity contribution in [2.24, 2.45) is 0 Å². The van der Waals surface area contributed by atoms with E-state index in [1.807, 2.05) is 25.2 Å². The molecule has 1 rings (SSSR count). The molecule has 1 unspecified atom stereocenters. The normalized spacial score (nSPS) is 11.4. The maximum atomic E-state index is 10.9. The number of anilines is 1. The van der Waals surface area contributed by atoms with Gasteiger partial charge < -0.3 is 10.6 Å². The van der Waals surface area contributed by atoms with Gasteiger partial charge in [-0.2, -0.15) is 0 Å². The van der Waals surface area contributed by atoms with Crippen molar-refractivity contribution >= 4 is 24.0 Å². The standard InChI is InChI=1S/C12H18N2O.ClH/c1-9(13-3)7-11-5-4-6-12(8-11)14-10(2)15;/h4-6,8-9,13H,7H2,1-3H3,(H,14,15);1H. The molecule has 90 valence electrons. The molecule has 0 radical (unpaired) electrons. The number of likely N-dealkylation sites (N-methyl/N-ethyl adjacent to an activating group) is 1. The van der Waals surface area contributed by atoms with Crippen LogP contribution >= 0.6 is 12.4 Å². The molecule has 0 aliphatic heterocycles. The Morgan fingerprint density at radius 3 is 2.69 bits per heavy atom. The van der Waals surface area contributed by atoms with Crippen LogP contribution in [0, 0.1) is 0 Å². The van der Waals surface area contributed by atoms with Crippen LogP contribution in [0.25, 0.3) is 0 Å². The van der Waals surface area contributed by atoms with E-state index in [-0.39, 0.29) is 18.3 Å². The van der Waals surface area contributed by atoms with Crippen LogP contribution in [0.1, 0.15) is 19.4 Å². The van der Waals surface area contributed by atoms with Gasteiger partial charge in [0.1, 0.15) is 0 Å². The molecule has 3 nitrogen and oxygen atoms in total. The second kappa shape index (κ2) is 7.25. The molecule has 0 bridgehead atoms. The quantitative estimate of drug-likeness (QED) is 0.850. The highest BCUT2D eigenvalue weighted by Gasteiger charge is 2.02. The van der Waals surface area contributed by atoms with Crippen LogP contribution < -0.4 is 10.6 Å². The Hall–Kier alpha value is -1.06. The van der Waals surface area contributed by atoms with Gasteiger partial charge in [0, 0.05) is 18.7 Å². The Bertz CT molecular complexity index is 342. The number of hydrogen-bond acceptors (Lipinski definition) is 2. The molecule has 0 saturated heterocycles. The zero-order valence-corrected chi connectivity index (χ0v) is 10.7. The van der Waals surface area contributed by atoms with Crippen molar-refractivity contribution < 1.29 is 4.79 Å². The maximum absolute atomic E-state index is 10.9. The third-order valence-corrected chi connectivity index (χ3v) is 2.28. The molecular weight excluding hydrogens is 224 g/mol. The van der Waals surface area contributed by atoms with Crippen LogP contribution in [0.15, 0.2) is 24.3 Å². The summed E-state index contributed by atoms with van der Waals surface area (Å²) in [6.07, 6.45) is 0.962. The highest BCUT2D eigenvalue weighted by molar-refractivity contribution is 5.88. The van der Waals surface area contributed by atoms with Crippen LogP contribution in [-0.2, 0) is 11.2 Å². The summed E-state index contributed by atoms with van der Waals surface area (Å²) in [4.78, 5) is 10.9. The minimum Gasteiger partial charge on any atom is -0.326 e. The Balaban J connectivity index is 0.00000225. The Labute approximate surface area is 103 Å². The molecule has 4 heteroatoms. The third kappa shape index (κ3) is 5.14. The molecule has 1 amide bonds. The second-order valence-corrected chi connectivity index (χ2v) is 3.78. The first-order valence-corrected chi connectivity index (χ1v) is 5.15. The number of halogens is 1. The number of rotatable bonds is 4. The Morgan fingerprint density at radius 2 is 2.12 bits per heavy atom. The lowest BCUT2D eigenvalue weighted by atomic mass is 10.1. The molecule has 1 atom stereocenters. The van der Waals surface area contributed by atoms with Crippen molar-refractivity contribution in [1.29, 1.82) is 0 Å². The van der Waals surface area contributed by atoms with E-state index in [1.54, 1.807) is 0 Å². The van der Waals surface area contributed by atoms with E-state index in [0.717, 1.165) is 12.1 Å². The molecule has 0 aliphatic rings. The van der Waals surface area contributed by atoms with Gasteiger partial charge in [0.25, 0.3) is 0 Å². The highest BCUT2D eigenvalue weighted by Crippen LogP contribution is 2.12. The maximum Gasteiger partial charge on any atom is 0.221 e. The largest absolute Gasteiger partial charge is 0.326 e. The summed E-state index contributed by atoms with van der Waals surface area (Å²) < 4.78 is 0. The summed E-state index contributed by atoms with van der Waals surface area (Å²) in [6.45, 7) is 3.65. The molecule has 1 aromatic carbocycles. The van der Waals surface area contributed by atoms with E-state index in [9.17, 15) is 4.79 Å². The van der Waals surface area contributed by atoms with Gasteiger partial charge in [0.2, 0.25) is 5.91 Å². The monoisotopic (exact) mass is 242 g/mol. The van der Waals surface area contributed by atoms with Crippen molar-refractivity contribution in [3.63, 3.8) is 0 Å². The predicted molar refractivity (Wildman–Crippen MR) is 70.2 cm³/mol. The van der Waals surface area contributed by atoms with Crippen LogP contribution in [0.5, 0.6) is 0 Å². The Morgan fingerprint density at radius 1 is 1.44 bits per heavy atom. The van der Waals surface area contributed by atoms with Gasteiger partial charge in [0.05, 0.1) is 0 Å². The van der Waals surface area contributed by atoms with Gasteiger partial charge in [-0.25, -0.2) is 0 Å². The summed E-state index contributed by atoms with van der Waals surface area (Å²) in [7, 11) is 1.95. The first-order valence-electron chi connectivity index (χ1n) is 5.15. The van der Waals surface area contributed by atoms with Crippen LogP contribution in [0.2, 0.25) is 0 Å². The molecule has 1 aromatic rings. The zero-order chi connectivity index (χ0) is 11.3. The SMILES string of the molecule is CNC(C)Cc1cccc(NC(C)=O)c1.Cl. The van der Waals surface area contributed by atoms with E-state index >= 15 is 0 Å². The van der Waals surface area contributed by atoms with Crippen LogP contribution in [0.3, 0.4) is 0 Å². The predicted octanol–water partition coefficient (Wildman–Crippen LogP) is 2.22. The molecule has 0 fully saturated rings. The minimum atomic E-state index is -0.0335. The lowest BCUT2D eigenvalue weighted by molar-refractivity contribution is -0.114. The number of hydrogen-bond donors (Lipinski definition) is 2. The number of amides is 1. The molecule has 0 spiro atoms. The third-order valence-electron chi connectivity index (χ3n) is 2.28. The van der Waals surface area contributed by atoms with Gasteiger partial charge in [-0.1, -0.05) is 12.1 Å². The summed E-state index contributed by atoms with van der Waals surface area (Å²) in [5.74, 6) is -0.0335. The molecule has 0 aliphatic carbocycles. The highest BCUT2D eigenvalue weighted by atomic mass is 35.5. The van der Waals surface area contributed by atoms with Crippen molar-refractivity contribution in [3.05, 3.63) is 29.8 Å². The van der Waals surface area contributed by atoms with Gasteiger partial charge >= 0.3 is 0 Å². The van der Waals surface area contributed by atoms with E-state index in [4.69, 9.17) is 0 Å². The number of carbonyl (C=O) groups is 1. The van der Waals surface area contributed by atoms with E-state index < -0.39 is 0 Å².